The van der Waals surface area contributed by atoms with Gasteiger partial charge < -0.3 is 10.4 Å². The fraction of sp³-hybridized carbons (Fsp3) is 0.857. The van der Waals surface area contributed by atoms with Crippen LogP contribution in [0, 0.1) is 23.2 Å². The lowest BCUT2D eigenvalue weighted by molar-refractivity contribution is -0.162. The van der Waals surface area contributed by atoms with Crippen molar-refractivity contribution in [3.05, 3.63) is 0 Å². The summed E-state index contributed by atoms with van der Waals surface area (Å²) in [5, 5.41) is 12.1. The van der Waals surface area contributed by atoms with Crippen LogP contribution in [-0.4, -0.2) is 23.5 Å². The Morgan fingerprint density at radius 1 is 1.17 bits per heavy atom. The van der Waals surface area contributed by atoms with Crippen LogP contribution in [-0.2, 0) is 9.59 Å². The molecule has 0 spiro atoms. The fourth-order valence-corrected chi connectivity index (χ4v) is 3.22. The number of carboxylic acids is 1. The van der Waals surface area contributed by atoms with Gasteiger partial charge in [0.05, 0.1) is 0 Å². The number of carboxylic acid groups (broad SMARTS) is 1. The van der Waals surface area contributed by atoms with E-state index in [2.05, 4.69) is 5.32 Å². The van der Waals surface area contributed by atoms with Crippen molar-refractivity contribution in [2.24, 2.45) is 23.2 Å². The molecule has 0 aromatic rings. The molecular formula is C14H21NO3. The minimum absolute atomic E-state index is 0.243. The van der Waals surface area contributed by atoms with Gasteiger partial charge in [-0.3, -0.25) is 9.59 Å². The van der Waals surface area contributed by atoms with Gasteiger partial charge in [-0.1, -0.05) is 6.42 Å². The largest absolute Gasteiger partial charge is 0.480 e. The Morgan fingerprint density at radius 2 is 1.72 bits per heavy atom. The number of aliphatic carboxylic acids is 1. The van der Waals surface area contributed by atoms with Crippen LogP contribution in [0.15, 0.2) is 0 Å². The third-order valence-corrected chi connectivity index (χ3v) is 5.00. The molecule has 3 saturated carbocycles. The van der Waals surface area contributed by atoms with Gasteiger partial charge in [0.15, 0.2) is 0 Å². The number of carbonyl (C=O) groups is 2. The zero-order chi connectivity index (χ0) is 12.8. The first-order valence-electron chi connectivity index (χ1n) is 7.15. The van der Waals surface area contributed by atoms with E-state index in [0.29, 0.717) is 25.3 Å². The number of rotatable bonds is 6. The molecule has 18 heavy (non-hydrogen) atoms. The van der Waals surface area contributed by atoms with Crippen LogP contribution < -0.4 is 5.32 Å². The molecule has 0 bridgehead atoms. The molecule has 0 heterocycles. The second-order valence-corrected chi connectivity index (χ2v) is 6.29. The van der Waals surface area contributed by atoms with E-state index < -0.39 is 11.4 Å². The molecule has 3 aliphatic carbocycles. The van der Waals surface area contributed by atoms with Crippen molar-refractivity contribution in [1.29, 1.82) is 0 Å². The summed E-state index contributed by atoms with van der Waals surface area (Å²) < 4.78 is 0. The van der Waals surface area contributed by atoms with Crippen LogP contribution in [0.2, 0.25) is 0 Å². The minimum atomic E-state index is -1.10. The maximum atomic E-state index is 12.1. The summed E-state index contributed by atoms with van der Waals surface area (Å²) in [4.78, 5) is 23.3. The number of nitrogens with one attached hydrogen (secondary N) is 1. The van der Waals surface area contributed by atoms with Gasteiger partial charge in [0.25, 0.3) is 0 Å². The number of hydrogen-bond donors (Lipinski definition) is 2. The third kappa shape index (κ3) is 2.02. The Balaban J connectivity index is 1.55. The lowest BCUT2D eigenvalue weighted by Crippen LogP contribution is -2.52. The summed E-state index contributed by atoms with van der Waals surface area (Å²) in [7, 11) is 0. The van der Waals surface area contributed by atoms with Crippen molar-refractivity contribution in [1.82, 2.24) is 5.32 Å². The SMILES string of the molecule is O=C(O)C1(C(=O)NCC(C2CC2)C2CC2)CCC1. The van der Waals surface area contributed by atoms with Gasteiger partial charge in [-0.2, -0.15) is 0 Å². The number of hydrogen-bond acceptors (Lipinski definition) is 2. The highest BCUT2D eigenvalue weighted by atomic mass is 16.4. The zero-order valence-corrected chi connectivity index (χ0v) is 10.7. The highest BCUT2D eigenvalue weighted by Crippen LogP contribution is 2.49. The maximum Gasteiger partial charge on any atom is 0.319 e. The third-order valence-electron chi connectivity index (χ3n) is 5.00. The molecule has 0 aromatic heterocycles. The first-order valence-corrected chi connectivity index (χ1v) is 7.15. The molecule has 0 aliphatic heterocycles. The van der Waals surface area contributed by atoms with Gasteiger partial charge in [0.2, 0.25) is 5.91 Å². The Kier molecular flexibility index (Phi) is 2.83. The standard InChI is InChI=1S/C14H21NO3/c16-12(14(13(17)18)6-1-7-14)15-8-11(9-2-3-9)10-4-5-10/h9-11H,1-8H2,(H,15,16)(H,17,18). The lowest BCUT2D eigenvalue weighted by atomic mass is 9.68. The van der Waals surface area contributed by atoms with Gasteiger partial charge in [0.1, 0.15) is 5.41 Å². The summed E-state index contributed by atoms with van der Waals surface area (Å²) in [5.41, 5.74) is -1.10. The summed E-state index contributed by atoms with van der Waals surface area (Å²) >= 11 is 0. The molecule has 2 N–H and O–H groups in total. The Labute approximate surface area is 107 Å². The van der Waals surface area contributed by atoms with E-state index in [-0.39, 0.29) is 5.91 Å². The average molecular weight is 251 g/mol. The number of amides is 1. The molecule has 3 aliphatic rings. The molecule has 0 saturated heterocycles. The van der Waals surface area contributed by atoms with E-state index in [0.717, 1.165) is 18.3 Å². The summed E-state index contributed by atoms with van der Waals surface area (Å²) in [5.74, 6) is 1.01. The number of carbonyl (C=O) groups excluding carboxylic acids is 1. The summed E-state index contributed by atoms with van der Waals surface area (Å²) in [6.07, 6.45) is 7.04. The highest BCUT2D eigenvalue weighted by Gasteiger charge is 2.51. The molecule has 3 rings (SSSR count). The van der Waals surface area contributed by atoms with Gasteiger partial charge >= 0.3 is 5.97 Å². The van der Waals surface area contributed by atoms with E-state index in [9.17, 15) is 14.7 Å². The highest BCUT2D eigenvalue weighted by molar-refractivity contribution is 6.02. The quantitative estimate of drug-likeness (QED) is 0.707. The Bertz CT molecular complexity index is 355. The zero-order valence-electron chi connectivity index (χ0n) is 10.7. The van der Waals surface area contributed by atoms with E-state index in [4.69, 9.17) is 0 Å². The minimum Gasteiger partial charge on any atom is -0.480 e. The van der Waals surface area contributed by atoms with Crippen molar-refractivity contribution in [3.63, 3.8) is 0 Å². The molecule has 4 heteroatoms. The van der Waals surface area contributed by atoms with Crippen LogP contribution in [0.1, 0.15) is 44.9 Å². The van der Waals surface area contributed by atoms with Crippen molar-refractivity contribution in [2.45, 2.75) is 44.9 Å². The van der Waals surface area contributed by atoms with E-state index in [1.807, 2.05) is 0 Å². The first-order chi connectivity index (χ1) is 8.63. The van der Waals surface area contributed by atoms with Crippen molar-refractivity contribution in [2.75, 3.05) is 6.54 Å². The lowest BCUT2D eigenvalue weighted by Gasteiger charge is -2.36. The molecule has 3 fully saturated rings. The van der Waals surface area contributed by atoms with Crippen LogP contribution in [0.5, 0.6) is 0 Å². The van der Waals surface area contributed by atoms with Crippen molar-refractivity contribution in [3.8, 4) is 0 Å². The van der Waals surface area contributed by atoms with Crippen molar-refractivity contribution >= 4 is 11.9 Å². The molecular weight excluding hydrogens is 230 g/mol. The molecule has 100 valence electrons. The molecule has 4 nitrogen and oxygen atoms in total. The molecule has 0 unspecified atom stereocenters. The Hall–Kier alpha value is -1.06. The molecule has 0 aromatic carbocycles. The summed E-state index contributed by atoms with van der Waals surface area (Å²) in [6.45, 7) is 0.698. The average Bonchev–Trinajstić information content (AvgIpc) is 3.11. The fourth-order valence-electron chi connectivity index (χ4n) is 3.22. The Morgan fingerprint density at radius 3 is 2.06 bits per heavy atom. The van der Waals surface area contributed by atoms with Crippen molar-refractivity contribution < 1.29 is 14.7 Å². The second-order valence-electron chi connectivity index (χ2n) is 6.29. The van der Waals surface area contributed by atoms with Crippen LogP contribution in [0.4, 0.5) is 0 Å². The van der Waals surface area contributed by atoms with E-state index in [1.54, 1.807) is 0 Å². The molecule has 0 atom stereocenters. The molecule has 0 radical (unpaired) electrons. The first kappa shape index (κ1) is 12.0. The van der Waals surface area contributed by atoms with Gasteiger partial charge in [-0.25, -0.2) is 0 Å². The van der Waals surface area contributed by atoms with Gasteiger partial charge in [-0.05, 0) is 56.3 Å². The van der Waals surface area contributed by atoms with Crippen LogP contribution in [0.3, 0.4) is 0 Å². The summed E-state index contributed by atoms with van der Waals surface area (Å²) in [6, 6.07) is 0. The van der Waals surface area contributed by atoms with E-state index in [1.165, 1.54) is 25.7 Å². The topological polar surface area (TPSA) is 66.4 Å². The molecule has 1 amide bonds. The van der Waals surface area contributed by atoms with E-state index >= 15 is 0 Å². The van der Waals surface area contributed by atoms with Crippen LogP contribution in [0.25, 0.3) is 0 Å². The second kappa shape index (κ2) is 4.25. The smallest absolute Gasteiger partial charge is 0.319 e. The van der Waals surface area contributed by atoms with Crippen LogP contribution >= 0.6 is 0 Å². The van der Waals surface area contributed by atoms with Gasteiger partial charge in [-0.15, -0.1) is 0 Å². The normalized spacial score (nSPS) is 25.6. The predicted octanol–water partition coefficient (Wildman–Crippen LogP) is 1.79. The monoisotopic (exact) mass is 251 g/mol. The predicted molar refractivity (Wildman–Crippen MR) is 65.9 cm³/mol. The maximum absolute atomic E-state index is 12.1. The van der Waals surface area contributed by atoms with Gasteiger partial charge in [0, 0.05) is 6.54 Å².